The molecule has 5 nitrogen and oxygen atoms in total. The van der Waals surface area contributed by atoms with Crippen LogP contribution in [0.15, 0.2) is 12.1 Å². The Kier molecular flexibility index (Phi) is 18.3. The molecule has 0 aromatic carbocycles. The fourth-order valence-corrected chi connectivity index (χ4v) is 3.75. The molecule has 0 saturated carbocycles. The van der Waals surface area contributed by atoms with E-state index < -0.39 is 5.97 Å². The van der Waals surface area contributed by atoms with Gasteiger partial charge in [-0.05, 0) is 31.1 Å². The molecule has 0 aliphatic heterocycles. The van der Waals surface area contributed by atoms with Crippen molar-refractivity contribution in [1.29, 1.82) is 0 Å². The van der Waals surface area contributed by atoms with Crippen LogP contribution >= 0.6 is 0 Å². The summed E-state index contributed by atoms with van der Waals surface area (Å²) < 4.78 is 0.728. The smallest absolute Gasteiger partial charge is 0.333 e. The van der Waals surface area contributed by atoms with Crippen LogP contribution in [0.2, 0.25) is 0 Å². The summed E-state index contributed by atoms with van der Waals surface area (Å²) in [6, 6.07) is 2.53. The van der Waals surface area contributed by atoms with Crippen LogP contribution in [0, 0.1) is 23.7 Å². The van der Waals surface area contributed by atoms with Gasteiger partial charge < -0.3 is 15.1 Å². The molecule has 0 aliphatic rings. The van der Waals surface area contributed by atoms with Crippen molar-refractivity contribution >= 4 is 5.97 Å². The minimum atomic E-state index is -0.466. The summed E-state index contributed by atoms with van der Waals surface area (Å²) in [5, 5.41) is 18.9. The first-order valence-electron chi connectivity index (χ1n) is 13.4. The highest BCUT2D eigenvalue weighted by atomic mass is 16.7. The Morgan fingerprint density at radius 1 is 0.706 bits per heavy atom. The zero-order chi connectivity index (χ0) is 24.7. The first kappa shape index (κ1) is 29.5. The van der Waals surface area contributed by atoms with Crippen molar-refractivity contribution in [3.05, 3.63) is 12.1 Å². The van der Waals surface area contributed by atoms with Crippen molar-refractivity contribution < 1.29 is 19.8 Å². The van der Waals surface area contributed by atoms with Crippen LogP contribution < -0.4 is 4.84 Å². The van der Waals surface area contributed by atoms with Gasteiger partial charge in [-0.1, -0.05) is 102 Å². The number of aromatic nitrogens is 1. The van der Waals surface area contributed by atoms with Crippen molar-refractivity contribution in [2.24, 2.45) is 0 Å². The van der Waals surface area contributed by atoms with Gasteiger partial charge in [0.05, 0.1) is 0 Å². The minimum absolute atomic E-state index is 0.264. The zero-order valence-corrected chi connectivity index (χ0v) is 21.2. The summed E-state index contributed by atoms with van der Waals surface area (Å²) in [5.74, 6) is 11.2. The fourth-order valence-electron chi connectivity index (χ4n) is 3.75. The van der Waals surface area contributed by atoms with Crippen LogP contribution in [0.1, 0.15) is 129 Å². The Bertz CT molecular complexity index is 756. The predicted molar refractivity (Wildman–Crippen MR) is 138 cm³/mol. The highest BCUT2D eigenvalue weighted by Gasteiger charge is 2.11. The summed E-state index contributed by atoms with van der Waals surface area (Å²) in [6.45, 7) is 2.26. The normalized spacial score (nSPS) is 10.3. The van der Waals surface area contributed by atoms with Gasteiger partial charge in [-0.3, -0.25) is 0 Å². The molecule has 0 amide bonds. The van der Waals surface area contributed by atoms with E-state index in [9.17, 15) is 15.0 Å². The molecular weight excluding hydrogens is 426 g/mol. The van der Waals surface area contributed by atoms with E-state index in [1.165, 1.54) is 76.3 Å². The molecule has 0 atom stereocenters. The van der Waals surface area contributed by atoms with Gasteiger partial charge in [-0.15, -0.1) is 4.73 Å². The molecule has 1 rings (SSSR count). The third-order valence-electron chi connectivity index (χ3n) is 5.82. The molecule has 0 spiro atoms. The Labute approximate surface area is 207 Å². The van der Waals surface area contributed by atoms with E-state index in [-0.39, 0.29) is 18.2 Å². The van der Waals surface area contributed by atoms with Crippen molar-refractivity contribution in [3.8, 4) is 35.4 Å². The molecule has 190 valence electrons. The number of nitrogens with zero attached hydrogens (tertiary/aromatic N) is 1. The molecule has 0 bridgehead atoms. The molecule has 5 heteroatoms. The standard InChI is InChI=1S/C29H45NO4/c1-2-3-4-5-6-7-8-9-10-11-12-13-14-15-16-17-18-19-20-21-22-23-24-29(33)34-30-27(31)25-26-28(30)32/h25-26,31-32H,2-12,17-24H2,1H3. The first-order chi connectivity index (χ1) is 16.6. The maximum Gasteiger partial charge on any atom is 0.333 e. The number of unbranched alkanes of at least 4 members (excludes halogenated alkanes) is 16. The average molecular weight is 472 g/mol. The van der Waals surface area contributed by atoms with Crippen LogP contribution in [0.25, 0.3) is 0 Å². The van der Waals surface area contributed by atoms with Gasteiger partial charge in [0.25, 0.3) is 0 Å². The van der Waals surface area contributed by atoms with E-state index in [0.29, 0.717) is 0 Å². The monoisotopic (exact) mass is 471 g/mol. The van der Waals surface area contributed by atoms with E-state index in [1.54, 1.807) is 0 Å². The molecular formula is C29H45NO4. The Hall–Kier alpha value is -2.53. The first-order valence-corrected chi connectivity index (χ1v) is 13.4. The summed E-state index contributed by atoms with van der Waals surface area (Å²) in [7, 11) is 0. The van der Waals surface area contributed by atoms with Gasteiger partial charge in [0.1, 0.15) is 0 Å². The molecule has 1 heterocycles. The van der Waals surface area contributed by atoms with Crippen LogP contribution in [-0.2, 0) is 4.79 Å². The van der Waals surface area contributed by atoms with Crippen molar-refractivity contribution in [2.75, 3.05) is 0 Å². The van der Waals surface area contributed by atoms with E-state index in [1.807, 2.05) is 0 Å². The molecule has 1 aromatic heterocycles. The molecule has 0 aliphatic carbocycles. The number of aromatic hydroxyl groups is 2. The molecule has 1 aromatic rings. The lowest BCUT2D eigenvalue weighted by atomic mass is 10.1. The lowest BCUT2D eigenvalue weighted by Crippen LogP contribution is -2.18. The van der Waals surface area contributed by atoms with Gasteiger partial charge in [0.2, 0.25) is 11.8 Å². The topological polar surface area (TPSA) is 71.7 Å². The van der Waals surface area contributed by atoms with Gasteiger partial charge in [0, 0.05) is 31.4 Å². The Morgan fingerprint density at radius 2 is 1.12 bits per heavy atom. The molecule has 2 N–H and O–H groups in total. The number of carbonyl (C=O) groups excluding carboxylic acids is 1. The Morgan fingerprint density at radius 3 is 1.59 bits per heavy atom. The van der Waals surface area contributed by atoms with Gasteiger partial charge >= 0.3 is 5.97 Å². The van der Waals surface area contributed by atoms with Crippen LogP contribution in [0.4, 0.5) is 0 Å². The third-order valence-corrected chi connectivity index (χ3v) is 5.82. The van der Waals surface area contributed by atoms with E-state index in [4.69, 9.17) is 4.84 Å². The van der Waals surface area contributed by atoms with E-state index in [2.05, 4.69) is 30.6 Å². The fraction of sp³-hybridized carbons (Fsp3) is 0.690. The highest BCUT2D eigenvalue weighted by Crippen LogP contribution is 2.19. The number of hydrogen-bond donors (Lipinski definition) is 2. The number of rotatable bonds is 19. The maximum absolute atomic E-state index is 11.7. The largest absolute Gasteiger partial charge is 0.492 e. The second-order valence-corrected chi connectivity index (χ2v) is 8.96. The van der Waals surface area contributed by atoms with Crippen LogP contribution in [0.3, 0.4) is 0 Å². The third kappa shape index (κ3) is 16.1. The zero-order valence-electron chi connectivity index (χ0n) is 21.2. The minimum Gasteiger partial charge on any atom is -0.492 e. The maximum atomic E-state index is 11.7. The van der Waals surface area contributed by atoms with E-state index in [0.717, 1.165) is 56.1 Å². The molecule has 0 unspecified atom stereocenters. The van der Waals surface area contributed by atoms with Gasteiger partial charge in [-0.2, -0.15) is 0 Å². The lowest BCUT2D eigenvalue weighted by molar-refractivity contribution is -0.145. The molecule has 0 saturated heterocycles. The molecule has 0 fully saturated rings. The average Bonchev–Trinajstić information content (AvgIpc) is 3.14. The SMILES string of the molecule is CCCCCCCCCCCCC#CC#CCCCCCCCCC(=O)On1c(O)ccc1O. The van der Waals surface area contributed by atoms with Crippen molar-refractivity contribution in [1.82, 2.24) is 4.73 Å². The summed E-state index contributed by atoms with van der Waals surface area (Å²) >= 11 is 0. The number of carbonyl (C=O) groups is 1. The lowest BCUT2D eigenvalue weighted by Gasteiger charge is -2.06. The van der Waals surface area contributed by atoms with Gasteiger partial charge in [-0.25, -0.2) is 4.79 Å². The van der Waals surface area contributed by atoms with Gasteiger partial charge in [0.15, 0.2) is 0 Å². The second-order valence-electron chi connectivity index (χ2n) is 8.96. The van der Waals surface area contributed by atoms with E-state index >= 15 is 0 Å². The molecule has 34 heavy (non-hydrogen) atoms. The highest BCUT2D eigenvalue weighted by molar-refractivity contribution is 5.69. The predicted octanol–water partition coefficient (Wildman–Crippen LogP) is 7.29. The van der Waals surface area contributed by atoms with Crippen LogP contribution in [0.5, 0.6) is 11.8 Å². The van der Waals surface area contributed by atoms with Crippen LogP contribution in [-0.4, -0.2) is 20.9 Å². The Balaban J connectivity index is 1.85. The quantitative estimate of drug-likeness (QED) is 0.164. The summed E-state index contributed by atoms with van der Waals surface area (Å²) in [6.07, 6.45) is 21.7. The second kappa shape index (κ2) is 21.0. The van der Waals surface area contributed by atoms with Crippen molar-refractivity contribution in [3.63, 3.8) is 0 Å². The van der Waals surface area contributed by atoms with Crippen molar-refractivity contribution in [2.45, 2.75) is 129 Å². The number of hydrogen-bond acceptors (Lipinski definition) is 4. The summed E-state index contributed by atoms with van der Waals surface area (Å²) in [4.78, 5) is 16.6. The summed E-state index contributed by atoms with van der Waals surface area (Å²) in [5.41, 5.74) is 0. The molecule has 0 radical (unpaired) electrons.